The summed E-state index contributed by atoms with van der Waals surface area (Å²) in [7, 11) is 0. The van der Waals surface area contributed by atoms with Crippen molar-refractivity contribution in [3.05, 3.63) is 42.1 Å². The van der Waals surface area contributed by atoms with Crippen LogP contribution in [0.3, 0.4) is 0 Å². The third-order valence-corrected chi connectivity index (χ3v) is 4.81. The molecule has 1 aromatic rings. The van der Waals surface area contributed by atoms with Crippen molar-refractivity contribution in [2.45, 2.75) is 39.0 Å². The molecule has 3 rings (SSSR count). The highest BCUT2D eigenvalue weighted by atomic mass is 16.2. The molecule has 4 nitrogen and oxygen atoms in total. The highest BCUT2D eigenvalue weighted by molar-refractivity contribution is 6.07. The molecule has 2 heterocycles. The van der Waals surface area contributed by atoms with Crippen molar-refractivity contribution in [1.29, 1.82) is 0 Å². The molecule has 1 saturated heterocycles. The highest BCUT2D eigenvalue weighted by Gasteiger charge is 2.51. The van der Waals surface area contributed by atoms with E-state index in [0.29, 0.717) is 19.4 Å². The van der Waals surface area contributed by atoms with Crippen LogP contribution in [0.5, 0.6) is 0 Å². The van der Waals surface area contributed by atoms with Gasteiger partial charge in [0, 0.05) is 29.8 Å². The topological polar surface area (TPSA) is 49.4 Å². The van der Waals surface area contributed by atoms with Crippen LogP contribution < -0.4 is 5.32 Å². The summed E-state index contributed by atoms with van der Waals surface area (Å²) >= 11 is 0. The molecule has 116 valence electrons. The van der Waals surface area contributed by atoms with Gasteiger partial charge in [0.05, 0.1) is 5.41 Å². The van der Waals surface area contributed by atoms with Gasteiger partial charge in [-0.2, -0.15) is 0 Å². The predicted octanol–water partition coefficient (Wildman–Crippen LogP) is 3.06. The molecule has 22 heavy (non-hydrogen) atoms. The minimum absolute atomic E-state index is 0.00657. The minimum atomic E-state index is -0.640. The second-order valence-corrected chi connectivity index (χ2v) is 7.26. The molecule has 1 unspecified atom stereocenters. The summed E-state index contributed by atoms with van der Waals surface area (Å²) < 4.78 is 0. The quantitative estimate of drug-likeness (QED) is 0.866. The smallest absolute Gasteiger partial charge is 0.236 e. The number of rotatable bonds is 1. The van der Waals surface area contributed by atoms with Crippen molar-refractivity contribution in [3.8, 4) is 0 Å². The molecule has 1 atom stereocenters. The van der Waals surface area contributed by atoms with Crippen LogP contribution in [-0.2, 0) is 15.0 Å². The molecule has 0 aromatic heterocycles. The van der Waals surface area contributed by atoms with Gasteiger partial charge in [0.15, 0.2) is 0 Å². The molecule has 4 heteroatoms. The second-order valence-electron chi connectivity index (χ2n) is 7.26. The molecular weight excluding hydrogens is 276 g/mol. The van der Waals surface area contributed by atoms with E-state index in [0.717, 1.165) is 16.9 Å². The van der Waals surface area contributed by atoms with E-state index in [9.17, 15) is 9.59 Å². The number of para-hydroxylation sites is 1. The molecule has 2 aliphatic heterocycles. The summed E-state index contributed by atoms with van der Waals surface area (Å²) in [6, 6.07) is 7.76. The van der Waals surface area contributed by atoms with E-state index in [4.69, 9.17) is 0 Å². The predicted molar refractivity (Wildman–Crippen MR) is 86.3 cm³/mol. The fraction of sp³-hybridized carbons (Fsp3) is 0.444. The first-order chi connectivity index (χ1) is 10.3. The zero-order valence-corrected chi connectivity index (χ0v) is 13.4. The number of nitrogens with one attached hydrogen (secondary N) is 1. The molecule has 1 fully saturated rings. The summed E-state index contributed by atoms with van der Waals surface area (Å²) in [6.45, 7) is 10.6. The SMILES string of the molecule is C=C(N1CC2(CCC1=O)C(=O)Nc1ccccc12)C(C)(C)C. The maximum atomic E-state index is 12.7. The van der Waals surface area contributed by atoms with Crippen LogP contribution in [0.25, 0.3) is 0 Å². The van der Waals surface area contributed by atoms with Crippen molar-refractivity contribution in [2.75, 3.05) is 11.9 Å². The van der Waals surface area contributed by atoms with Crippen molar-refractivity contribution < 1.29 is 9.59 Å². The first-order valence-corrected chi connectivity index (χ1v) is 7.66. The molecule has 0 aliphatic carbocycles. The Balaban J connectivity index is 2.02. The van der Waals surface area contributed by atoms with Crippen LogP contribution >= 0.6 is 0 Å². The number of allylic oxidation sites excluding steroid dienone is 1. The summed E-state index contributed by atoms with van der Waals surface area (Å²) in [5, 5.41) is 2.96. The van der Waals surface area contributed by atoms with Gasteiger partial charge in [-0.25, -0.2) is 0 Å². The summed E-state index contributed by atoms with van der Waals surface area (Å²) in [5.41, 5.74) is 1.79. The van der Waals surface area contributed by atoms with Crippen LogP contribution in [0.1, 0.15) is 39.2 Å². The number of benzene rings is 1. The lowest BCUT2D eigenvalue weighted by molar-refractivity contribution is -0.136. The monoisotopic (exact) mass is 298 g/mol. The van der Waals surface area contributed by atoms with E-state index in [-0.39, 0.29) is 17.2 Å². The lowest BCUT2D eigenvalue weighted by Crippen LogP contribution is -2.53. The Kier molecular flexibility index (Phi) is 3.17. The molecule has 0 saturated carbocycles. The molecule has 2 aliphatic rings. The van der Waals surface area contributed by atoms with Crippen LogP contribution in [0.4, 0.5) is 5.69 Å². The van der Waals surface area contributed by atoms with Gasteiger partial charge in [0.2, 0.25) is 11.8 Å². The van der Waals surface area contributed by atoms with Gasteiger partial charge in [0.25, 0.3) is 0 Å². The number of nitrogens with zero attached hydrogens (tertiary/aromatic N) is 1. The van der Waals surface area contributed by atoms with Gasteiger partial charge in [-0.1, -0.05) is 45.5 Å². The van der Waals surface area contributed by atoms with E-state index in [1.54, 1.807) is 4.90 Å². The molecule has 0 bridgehead atoms. The average molecular weight is 298 g/mol. The Hall–Kier alpha value is -2.10. The van der Waals surface area contributed by atoms with Gasteiger partial charge in [-0.05, 0) is 18.1 Å². The minimum Gasteiger partial charge on any atom is -0.325 e. The van der Waals surface area contributed by atoms with Crippen LogP contribution in [0.2, 0.25) is 0 Å². The van der Waals surface area contributed by atoms with Crippen LogP contribution in [0.15, 0.2) is 36.5 Å². The number of carbonyl (C=O) groups is 2. The fourth-order valence-electron chi connectivity index (χ4n) is 3.32. The molecular formula is C18H22N2O2. The van der Waals surface area contributed by atoms with Crippen molar-refractivity contribution in [1.82, 2.24) is 4.90 Å². The standard InChI is InChI=1S/C18H22N2O2/c1-12(17(2,3)4)20-11-18(10-9-15(20)21)13-7-5-6-8-14(13)19-16(18)22/h5-8H,1,9-11H2,2-4H3,(H,19,22). The van der Waals surface area contributed by atoms with Crippen molar-refractivity contribution >= 4 is 17.5 Å². The normalized spacial score (nSPS) is 24.4. The number of carbonyl (C=O) groups excluding carboxylic acids is 2. The summed E-state index contributed by atoms with van der Waals surface area (Å²) in [4.78, 5) is 26.7. The average Bonchev–Trinajstić information content (AvgIpc) is 2.73. The molecule has 1 aromatic carbocycles. The van der Waals surface area contributed by atoms with Gasteiger partial charge in [-0.3, -0.25) is 9.59 Å². The largest absolute Gasteiger partial charge is 0.325 e. The molecule has 1 spiro atoms. The first-order valence-electron chi connectivity index (χ1n) is 7.66. The van der Waals surface area contributed by atoms with Gasteiger partial charge >= 0.3 is 0 Å². The maximum Gasteiger partial charge on any atom is 0.236 e. The number of amides is 2. The molecule has 0 radical (unpaired) electrons. The molecule has 1 N–H and O–H groups in total. The number of fused-ring (bicyclic) bond motifs is 2. The number of hydrogen-bond acceptors (Lipinski definition) is 2. The first kappa shape index (κ1) is 14.8. The second kappa shape index (κ2) is 4.70. The van der Waals surface area contributed by atoms with Crippen LogP contribution in [0, 0.1) is 5.41 Å². The maximum absolute atomic E-state index is 12.7. The lowest BCUT2D eigenvalue weighted by atomic mass is 9.74. The number of likely N-dealkylation sites (tertiary alicyclic amines) is 1. The third kappa shape index (κ3) is 2.05. The van der Waals surface area contributed by atoms with E-state index in [2.05, 4.69) is 11.9 Å². The lowest BCUT2D eigenvalue weighted by Gasteiger charge is -2.42. The van der Waals surface area contributed by atoms with Gasteiger partial charge in [-0.15, -0.1) is 0 Å². The van der Waals surface area contributed by atoms with Crippen molar-refractivity contribution in [3.63, 3.8) is 0 Å². The van der Waals surface area contributed by atoms with Gasteiger partial charge in [0.1, 0.15) is 0 Å². The van der Waals surface area contributed by atoms with E-state index in [1.807, 2.05) is 45.0 Å². The highest BCUT2D eigenvalue weighted by Crippen LogP contribution is 2.45. The van der Waals surface area contributed by atoms with E-state index in [1.165, 1.54) is 0 Å². The Morgan fingerprint density at radius 1 is 1.27 bits per heavy atom. The Labute approximate surface area is 131 Å². The number of piperidine rings is 1. The Morgan fingerprint density at radius 2 is 1.95 bits per heavy atom. The zero-order chi connectivity index (χ0) is 16.1. The Morgan fingerprint density at radius 3 is 2.64 bits per heavy atom. The summed E-state index contributed by atoms with van der Waals surface area (Å²) in [5.74, 6) is 0.0515. The number of anilines is 1. The van der Waals surface area contributed by atoms with Gasteiger partial charge < -0.3 is 10.2 Å². The third-order valence-electron chi connectivity index (χ3n) is 4.81. The van der Waals surface area contributed by atoms with Crippen LogP contribution in [-0.4, -0.2) is 23.3 Å². The fourth-order valence-corrected chi connectivity index (χ4v) is 3.32. The van der Waals surface area contributed by atoms with Crippen molar-refractivity contribution in [2.24, 2.45) is 5.41 Å². The zero-order valence-electron chi connectivity index (χ0n) is 13.4. The summed E-state index contributed by atoms with van der Waals surface area (Å²) in [6.07, 6.45) is 0.930. The number of hydrogen-bond donors (Lipinski definition) is 1. The molecule has 2 amide bonds. The Bertz CT molecular complexity index is 672. The van der Waals surface area contributed by atoms with E-state index < -0.39 is 5.41 Å². The van der Waals surface area contributed by atoms with E-state index >= 15 is 0 Å².